The van der Waals surface area contributed by atoms with Gasteiger partial charge < -0.3 is 5.11 Å². The van der Waals surface area contributed by atoms with E-state index < -0.39 is 5.97 Å². The molecule has 0 unspecified atom stereocenters. The SMILES string of the molecule is O=C(O)c1ccn(-c2ncc(I)cn2)n1. The van der Waals surface area contributed by atoms with Gasteiger partial charge in [-0.1, -0.05) is 0 Å². The summed E-state index contributed by atoms with van der Waals surface area (Å²) in [5.74, 6) is -0.720. The lowest BCUT2D eigenvalue weighted by Crippen LogP contribution is -2.04. The lowest BCUT2D eigenvalue weighted by molar-refractivity contribution is 0.0690. The minimum atomic E-state index is -1.07. The molecule has 2 rings (SSSR count). The van der Waals surface area contributed by atoms with Gasteiger partial charge in [0.2, 0.25) is 0 Å². The summed E-state index contributed by atoms with van der Waals surface area (Å²) in [5.41, 5.74) is -0.0304. The second-order valence-electron chi connectivity index (χ2n) is 2.65. The Labute approximate surface area is 98.1 Å². The van der Waals surface area contributed by atoms with E-state index in [0.29, 0.717) is 5.95 Å². The third-order valence-electron chi connectivity index (χ3n) is 1.62. The monoisotopic (exact) mass is 316 g/mol. The Hall–Kier alpha value is -1.51. The third-order valence-corrected chi connectivity index (χ3v) is 2.18. The normalized spacial score (nSPS) is 10.2. The molecule has 0 spiro atoms. The van der Waals surface area contributed by atoms with Gasteiger partial charge in [-0.25, -0.2) is 19.4 Å². The number of aromatic nitrogens is 4. The van der Waals surface area contributed by atoms with Gasteiger partial charge in [-0.3, -0.25) is 0 Å². The van der Waals surface area contributed by atoms with Crippen molar-refractivity contribution in [2.24, 2.45) is 0 Å². The first-order valence-corrected chi connectivity index (χ1v) is 5.01. The van der Waals surface area contributed by atoms with E-state index in [4.69, 9.17) is 5.11 Å². The molecule has 2 aromatic heterocycles. The molecule has 0 aliphatic carbocycles. The van der Waals surface area contributed by atoms with E-state index in [1.165, 1.54) is 16.9 Å². The molecule has 76 valence electrons. The summed E-state index contributed by atoms with van der Waals surface area (Å²) >= 11 is 2.08. The van der Waals surface area contributed by atoms with Crippen molar-refractivity contribution in [1.29, 1.82) is 0 Å². The minimum Gasteiger partial charge on any atom is -0.476 e. The number of carboxylic acids is 1. The van der Waals surface area contributed by atoms with Gasteiger partial charge in [0.1, 0.15) is 0 Å². The van der Waals surface area contributed by atoms with Gasteiger partial charge in [0.15, 0.2) is 5.69 Å². The van der Waals surface area contributed by atoms with Crippen molar-refractivity contribution in [3.8, 4) is 5.95 Å². The van der Waals surface area contributed by atoms with Gasteiger partial charge in [-0.15, -0.1) is 0 Å². The maximum Gasteiger partial charge on any atom is 0.356 e. The van der Waals surface area contributed by atoms with Crippen LogP contribution in [-0.4, -0.2) is 30.8 Å². The van der Waals surface area contributed by atoms with Crippen molar-refractivity contribution in [3.05, 3.63) is 33.9 Å². The zero-order valence-corrected chi connectivity index (χ0v) is 9.49. The van der Waals surface area contributed by atoms with Crippen LogP contribution in [0.5, 0.6) is 0 Å². The molecule has 0 saturated carbocycles. The van der Waals surface area contributed by atoms with Crippen molar-refractivity contribution < 1.29 is 9.90 Å². The molecule has 0 bridgehead atoms. The average Bonchev–Trinajstić information content (AvgIpc) is 2.68. The fourth-order valence-electron chi connectivity index (χ4n) is 0.973. The fraction of sp³-hybridized carbons (Fsp3) is 0. The molecular weight excluding hydrogens is 311 g/mol. The molecule has 15 heavy (non-hydrogen) atoms. The Bertz CT molecular complexity index is 494. The van der Waals surface area contributed by atoms with Gasteiger partial charge in [0.25, 0.3) is 5.95 Å². The van der Waals surface area contributed by atoms with Crippen LogP contribution in [-0.2, 0) is 0 Å². The van der Waals surface area contributed by atoms with Gasteiger partial charge in [-0.2, -0.15) is 5.10 Å². The minimum absolute atomic E-state index is 0.0304. The molecule has 2 heterocycles. The summed E-state index contributed by atoms with van der Waals surface area (Å²) in [6.45, 7) is 0. The summed E-state index contributed by atoms with van der Waals surface area (Å²) in [6.07, 6.45) is 4.77. The second-order valence-corrected chi connectivity index (χ2v) is 3.90. The number of nitrogens with zero attached hydrogens (tertiary/aromatic N) is 4. The second kappa shape index (κ2) is 3.93. The summed E-state index contributed by atoms with van der Waals surface area (Å²) in [5, 5.41) is 12.5. The molecule has 0 atom stereocenters. The number of carbonyl (C=O) groups is 1. The van der Waals surface area contributed by atoms with Crippen LogP contribution >= 0.6 is 22.6 Å². The summed E-state index contributed by atoms with van der Waals surface area (Å²) < 4.78 is 2.22. The van der Waals surface area contributed by atoms with E-state index in [1.54, 1.807) is 12.4 Å². The van der Waals surface area contributed by atoms with Crippen LogP contribution < -0.4 is 0 Å². The highest BCUT2D eigenvalue weighted by molar-refractivity contribution is 14.1. The highest BCUT2D eigenvalue weighted by atomic mass is 127. The smallest absolute Gasteiger partial charge is 0.356 e. The molecule has 0 amide bonds. The average molecular weight is 316 g/mol. The van der Waals surface area contributed by atoms with Gasteiger partial charge in [0.05, 0.1) is 0 Å². The Balaban J connectivity index is 2.37. The van der Waals surface area contributed by atoms with Crippen molar-refractivity contribution in [2.75, 3.05) is 0 Å². The highest BCUT2D eigenvalue weighted by Gasteiger charge is 2.08. The number of aromatic carboxylic acids is 1. The van der Waals surface area contributed by atoms with Crippen LogP contribution in [0.1, 0.15) is 10.5 Å². The Morgan fingerprint density at radius 1 is 1.40 bits per heavy atom. The van der Waals surface area contributed by atoms with E-state index in [9.17, 15) is 4.79 Å². The van der Waals surface area contributed by atoms with E-state index in [-0.39, 0.29) is 5.69 Å². The van der Waals surface area contributed by atoms with E-state index in [1.807, 2.05) is 0 Å². The van der Waals surface area contributed by atoms with E-state index in [2.05, 4.69) is 37.7 Å². The molecule has 0 aromatic carbocycles. The summed E-state index contributed by atoms with van der Waals surface area (Å²) in [4.78, 5) is 18.6. The van der Waals surface area contributed by atoms with Gasteiger partial charge >= 0.3 is 5.97 Å². The van der Waals surface area contributed by atoms with Crippen LogP contribution in [0.2, 0.25) is 0 Å². The lowest BCUT2D eigenvalue weighted by Gasteiger charge is -1.97. The molecule has 7 heteroatoms. The topological polar surface area (TPSA) is 80.9 Å². The standard InChI is InChI=1S/C8H5IN4O2/c9-5-3-10-8(11-4-5)13-2-1-6(12-13)7(14)15/h1-4H,(H,14,15). The number of rotatable bonds is 2. The third kappa shape index (κ3) is 2.12. The molecule has 0 saturated heterocycles. The lowest BCUT2D eigenvalue weighted by atomic mass is 10.5. The number of halogens is 1. The quantitative estimate of drug-likeness (QED) is 0.835. The molecule has 0 radical (unpaired) electrons. The van der Waals surface area contributed by atoms with Crippen molar-refractivity contribution in [3.63, 3.8) is 0 Å². The molecule has 0 fully saturated rings. The Morgan fingerprint density at radius 3 is 2.60 bits per heavy atom. The largest absolute Gasteiger partial charge is 0.476 e. The predicted molar refractivity (Wildman–Crippen MR) is 58.8 cm³/mol. The molecule has 6 nitrogen and oxygen atoms in total. The first kappa shape index (κ1) is 10.0. The van der Waals surface area contributed by atoms with Crippen molar-refractivity contribution in [1.82, 2.24) is 19.7 Å². The summed E-state index contributed by atoms with van der Waals surface area (Å²) in [6, 6.07) is 1.39. The molecular formula is C8H5IN4O2. The highest BCUT2D eigenvalue weighted by Crippen LogP contribution is 2.04. The molecule has 0 aliphatic heterocycles. The Morgan fingerprint density at radius 2 is 2.07 bits per heavy atom. The summed E-state index contributed by atoms with van der Waals surface area (Å²) in [7, 11) is 0. The van der Waals surface area contributed by atoms with E-state index >= 15 is 0 Å². The van der Waals surface area contributed by atoms with Crippen molar-refractivity contribution >= 4 is 28.6 Å². The Kier molecular flexibility index (Phi) is 2.62. The molecule has 2 aromatic rings. The maximum atomic E-state index is 10.6. The molecule has 1 N–H and O–H groups in total. The number of hydrogen-bond donors (Lipinski definition) is 1. The van der Waals surface area contributed by atoms with Crippen LogP contribution in [0.15, 0.2) is 24.7 Å². The zero-order valence-electron chi connectivity index (χ0n) is 7.33. The first-order valence-electron chi connectivity index (χ1n) is 3.94. The van der Waals surface area contributed by atoms with Crippen molar-refractivity contribution in [2.45, 2.75) is 0 Å². The van der Waals surface area contributed by atoms with Crippen LogP contribution in [0.4, 0.5) is 0 Å². The predicted octanol–water partition coefficient (Wildman–Crippen LogP) is 0.965. The van der Waals surface area contributed by atoms with Crippen LogP contribution in [0.25, 0.3) is 5.95 Å². The van der Waals surface area contributed by atoms with E-state index in [0.717, 1.165) is 3.57 Å². The maximum absolute atomic E-state index is 10.6. The zero-order chi connectivity index (χ0) is 10.8. The van der Waals surface area contributed by atoms with Crippen LogP contribution in [0, 0.1) is 3.57 Å². The number of hydrogen-bond acceptors (Lipinski definition) is 4. The van der Waals surface area contributed by atoms with Crippen LogP contribution in [0.3, 0.4) is 0 Å². The fourth-order valence-corrected chi connectivity index (χ4v) is 1.25. The number of carboxylic acid groups (broad SMARTS) is 1. The molecule has 0 aliphatic rings. The van der Waals surface area contributed by atoms with Gasteiger partial charge in [-0.05, 0) is 28.7 Å². The van der Waals surface area contributed by atoms with Gasteiger partial charge in [0, 0.05) is 22.2 Å². The first-order chi connectivity index (χ1) is 7.16.